The molecule has 1 atom stereocenters. The fourth-order valence-electron chi connectivity index (χ4n) is 3.42. The van der Waals surface area contributed by atoms with Crippen LogP contribution in [0.2, 0.25) is 0 Å². The molecule has 0 spiro atoms. The summed E-state index contributed by atoms with van der Waals surface area (Å²) >= 11 is 0. The minimum Gasteiger partial charge on any atom is -0.497 e. The highest BCUT2D eigenvalue weighted by Gasteiger charge is 2.19. The van der Waals surface area contributed by atoms with E-state index in [2.05, 4.69) is 19.8 Å². The zero-order chi connectivity index (χ0) is 27.7. The van der Waals surface area contributed by atoms with Crippen LogP contribution in [0.15, 0.2) is 29.6 Å². The zero-order valence-electron chi connectivity index (χ0n) is 21.2. The van der Waals surface area contributed by atoms with Gasteiger partial charge in [-0.2, -0.15) is 0 Å². The summed E-state index contributed by atoms with van der Waals surface area (Å²) in [6.07, 6.45) is 1.90. The number of fused-ring (bicyclic) bond motifs is 1. The fourth-order valence-corrected chi connectivity index (χ4v) is 4.52. The fraction of sp³-hybridized carbons (Fsp3) is 0.417. The quantitative estimate of drug-likeness (QED) is 0.136. The maximum atomic E-state index is 13.0. The molecular formula is C24H28N4O9S. The summed E-state index contributed by atoms with van der Waals surface area (Å²) in [5, 5.41) is 9.47. The first-order valence-electron chi connectivity index (χ1n) is 11.7. The number of ether oxygens (including phenoxy) is 3. The minimum absolute atomic E-state index is 0.0483. The van der Waals surface area contributed by atoms with E-state index in [0.29, 0.717) is 52.2 Å². The van der Waals surface area contributed by atoms with Crippen LogP contribution in [-0.4, -0.2) is 56.5 Å². The molecule has 0 fully saturated rings. The highest BCUT2D eigenvalue weighted by Crippen LogP contribution is 2.27. The lowest BCUT2D eigenvalue weighted by Gasteiger charge is -2.13. The number of pyridine rings is 1. The van der Waals surface area contributed by atoms with Crippen molar-refractivity contribution in [2.24, 2.45) is 0 Å². The van der Waals surface area contributed by atoms with Crippen LogP contribution in [0.3, 0.4) is 0 Å². The van der Waals surface area contributed by atoms with Gasteiger partial charge in [-0.25, -0.2) is 4.98 Å². The van der Waals surface area contributed by atoms with Crippen LogP contribution in [0.5, 0.6) is 11.5 Å². The van der Waals surface area contributed by atoms with Crippen LogP contribution in [-0.2, 0) is 35.7 Å². The summed E-state index contributed by atoms with van der Waals surface area (Å²) < 4.78 is 28.7. The number of nitrogens with one attached hydrogen (secondary N) is 1. The normalized spacial score (nSPS) is 11.7. The molecule has 0 radical (unpaired) electrons. The van der Waals surface area contributed by atoms with Crippen LogP contribution in [0.1, 0.15) is 42.5 Å². The first-order chi connectivity index (χ1) is 18.2. The summed E-state index contributed by atoms with van der Waals surface area (Å²) in [7, 11) is 0.0137. The molecule has 1 N–H and O–H groups in total. The number of carbonyl (C=O) groups is 2. The third-order valence-electron chi connectivity index (χ3n) is 5.44. The van der Waals surface area contributed by atoms with Crippen molar-refractivity contribution in [2.45, 2.75) is 50.4 Å². The summed E-state index contributed by atoms with van der Waals surface area (Å²) in [6.45, 7) is 3.43. The van der Waals surface area contributed by atoms with Crippen molar-refractivity contribution >= 4 is 33.8 Å². The van der Waals surface area contributed by atoms with Gasteiger partial charge in [0.05, 0.1) is 66.4 Å². The maximum Gasteiger partial charge on any atom is 0.311 e. The molecule has 1 unspecified atom stereocenters. The second kappa shape index (κ2) is 13.5. The Kier molecular flexibility index (Phi) is 10.1. The van der Waals surface area contributed by atoms with E-state index in [1.807, 2.05) is 0 Å². The van der Waals surface area contributed by atoms with E-state index < -0.39 is 27.8 Å². The molecule has 0 saturated heterocycles. The number of esters is 2. The van der Waals surface area contributed by atoms with Gasteiger partial charge in [-0.15, -0.1) is 10.1 Å². The van der Waals surface area contributed by atoms with Gasteiger partial charge in [0.15, 0.2) is 5.16 Å². The van der Waals surface area contributed by atoms with E-state index in [1.54, 1.807) is 39.2 Å². The number of hydrogen-bond donors (Lipinski definition) is 1. The van der Waals surface area contributed by atoms with Crippen molar-refractivity contribution in [1.82, 2.24) is 15.0 Å². The molecule has 3 rings (SSSR count). The van der Waals surface area contributed by atoms with Crippen molar-refractivity contribution < 1.29 is 37.9 Å². The highest BCUT2D eigenvalue weighted by molar-refractivity contribution is 7.84. The molecule has 2 heterocycles. The second-order valence-electron chi connectivity index (χ2n) is 8.22. The number of carbonyl (C=O) groups excluding carboxylic acids is 2. The lowest BCUT2D eigenvalue weighted by Crippen LogP contribution is -2.15. The predicted octanol–water partition coefficient (Wildman–Crippen LogP) is 3.11. The van der Waals surface area contributed by atoms with Crippen LogP contribution < -0.4 is 9.47 Å². The Morgan fingerprint density at radius 3 is 2.61 bits per heavy atom. The lowest BCUT2D eigenvalue weighted by molar-refractivity contribution is -0.757. The standard InChI is InChI=1S/C24H28N4O9S/c1-15-13-25-20(14-38(33)24-26-18-7-6-17(34-3)12-19(18)27-24)16(2)23(15)37-22(30)9-8-21(29)35-10-4-5-11-36-28(31)32/h6-7,12-13H,4-5,8-11,14H2,1-3H3,(H,26,27). The summed E-state index contributed by atoms with van der Waals surface area (Å²) in [5.41, 5.74) is 3.00. The van der Waals surface area contributed by atoms with Crippen molar-refractivity contribution in [3.63, 3.8) is 0 Å². The molecule has 14 heteroatoms. The van der Waals surface area contributed by atoms with Gasteiger partial charge in [0.25, 0.3) is 5.09 Å². The molecule has 0 amide bonds. The molecule has 1 aromatic carbocycles. The van der Waals surface area contributed by atoms with E-state index in [-0.39, 0.29) is 37.0 Å². The molecule has 0 aliphatic carbocycles. The van der Waals surface area contributed by atoms with Gasteiger partial charge in [-0.1, -0.05) is 0 Å². The Morgan fingerprint density at radius 1 is 1.13 bits per heavy atom. The number of methoxy groups -OCH3 is 1. The predicted molar refractivity (Wildman–Crippen MR) is 134 cm³/mol. The molecule has 0 aliphatic rings. The first-order valence-corrected chi connectivity index (χ1v) is 13.0. The maximum absolute atomic E-state index is 13.0. The van der Waals surface area contributed by atoms with Gasteiger partial charge >= 0.3 is 11.9 Å². The Morgan fingerprint density at radius 2 is 1.87 bits per heavy atom. The monoisotopic (exact) mass is 548 g/mol. The number of aromatic nitrogens is 3. The summed E-state index contributed by atoms with van der Waals surface area (Å²) in [4.78, 5) is 50.3. The molecule has 2 aromatic heterocycles. The second-order valence-corrected chi connectivity index (χ2v) is 9.58. The summed E-state index contributed by atoms with van der Waals surface area (Å²) in [6, 6.07) is 5.29. The topological polar surface area (TPSA) is 173 Å². The Bertz CT molecular complexity index is 1340. The number of hydrogen-bond acceptors (Lipinski definition) is 11. The Hall–Kier alpha value is -4.07. The zero-order valence-corrected chi connectivity index (χ0v) is 22.0. The van der Waals surface area contributed by atoms with Crippen molar-refractivity contribution in [3.8, 4) is 11.5 Å². The molecule has 13 nitrogen and oxygen atoms in total. The van der Waals surface area contributed by atoms with Gasteiger partial charge in [-0.05, 0) is 38.8 Å². The number of H-pyrrole nitrogens is 1. The minimum atomic E-state index is -1.54. The highest BCUT2D eigenvalue weighted by atomic mass is 32.2. The van der Waals surface area contributed by atoms with E-state index >= 15 is 0 Å². The van der Waals surface area contributed by atoms with E-state index in [4.69, 9.17) is 14.2 Å². The van der Waals surface area contributed by atoms with Gasteiger partial charge in [0, 0.05) is 23.4 Å². The number of imidazole rings is 1. The van der Waals surface area contributed by atoms with Crippen molar-refractivity contribution in [1.29, 1.82) is 0 Å². The third-order valence-corrected chi connectivity index (χ3v) is 6.60. The van der Waals surface area contributed by atoms with Gasteiger partial charge in [0.2, 0.25) is 0 Å². The molecule has 204 valence electrons. The van der Waals surface area contributed by atoms with Gasteiger partial charge < -0.3 is 24.0 Å². The van der Waals surface area contributed by atoms with E-state index in [1.165, 1.54) is 6.20 Å². The molecule has 0 saturated carbocycles. The first kappa shape index (κ1) is 28.5. The molecule has 0 aliphatic heterocycles. The number of rotatable bonds is 14. The number of unbranched alkanes of at least 4 members (excludes halogenated alkanes) is 1. The largest absolute Gasteiger partial charge is 0.497 e. The average molecular weight is 549 g/mol. The smallest absolute Gasteiger partial charge is 0.311 e. The van der Waals surface area contributed by atoms with Crippen LogP contribution >= 0.6 is 0 Å². The molecular weight excluding hydrogens is 520 g/mol. The number of aromatic amines is 1. The molecule has 3 aromatic rings. The number of benzene rings is 1. The van der Waals surface area contributed by atoms with Gasteiger partial charge in [-0.3, -0.25) is 18.8 Å². The number of aryl methyl sites for hydroxylation is 1. The van der Waals surface area contributed by atoms with Crippen molar-refractivity contribution in [3.05, 3.63) is 51.3 Å². The Balaban J connectivity index is 1.54. The van der Waals surface area contributed by atoms with Crippen LogP contribution in [0.4, 0.5) is 0 Å². The lowest BCUT2D eigenvalue weighted by atomic mass is 10.1. The number of nitrogens with zero attached hydrogens (tertiary/aromatic N) is 3. The third kappa shape index (κ3) is 7.96. The Labute approximate surface area is 220 Å². The van der Waals surface area contributed by atoms with Gasteiger partial charge in [0.1, 0.15) is 11.5 Å². The van der Waals surface area contributed by atoms with Crippen LogP contribution in [0.25, 0.3) is 11.0 Å². The average Bonchev–Trinajstić information content (AvgIpc) is 3.32. The SMILES string of the molecule is COc1ccc2nc(S(=O)Cc3ncc(C)c(OC(=O)CCC(=O)OCCCCO[N+](=O)[O-])c3C)[nH]c2c1. The van der Waals surface area contributed by atoms with E-state index in [0.717, 1.165) is 0 Å². The van der Waals surface area contributed by atoms with E-state index in [9.17, 15) is 23.9 Å². The van der Waals surface area contributed by atoms with Crippen LogP contribution in [0, 0.1) is 24.0 Å². The molecule has 0 bridgehead atoms. The summed E-state index contributed by atoms with van der Waals surface area (Å²) in [5.74, 6) is -0.218. The molecule has 38 heavy (non-hydrogen) atoms. The van der Waals surface area contributed by atoms with Crippen molar-refractivity contribution in [2.75, 3.05) is 20.3 Å².